The van der Waals surface area contributed by atoms with E-state index in [1.54, 1.807) is 0 Å². The molecule has 0 N–H and O–H groups in total. The van der Waals surface area contributed by atoms with Gasteiger partial charge in [0.15, 0.2) is 0 Å². The first-order valence-corrected chi connectivity index (χ1v) is 28.5. The van der Waals surface area contributed by atoms with Crippen molar-refractivity contribution >= 4 is 74.3 Å². The lowest BCUT2D eigenvalue weighted by molar-refractivity contribution is 0.392. The summed E-state index contributed by atoms with van der Waals surface area (Å²) >= 11 is 0. The van der Waals surface area contributed by atoms with E-state index in [9.17, 15) is 0 Å². The van der Waals surface area contributed by atoms with Crippen LogP contribution in [0.1, 0.15) is 157 Å². The van der Waals surface area contributed by atoms with Gasteiger partial charge in [0, 0.05) is 45.4 Å². The highest BCUT2D eigenvalue weighted by Gasteiger charge is 2.46. The molecule has 8 aromatic rings. The van der Waals surface area contributed by atoms with Crippen molar-refractivity contribution in [3.8, 4) is 11.1 Å². The number of hydrogen-bond donors (Lipinski definition) is 0. The van der Waals surface area contributed by atoms with Gasteiger partial charge in [0.25, 0.3) is 6.71 Å². The fourth-order valence-electron chi connectivity index (χ4n) is 12.5. The molecule has 3 nitrogen and oxygen atoms in total. The van der Waals surface area contributed by atoms with Crippen LogP contribution in [0.25, 0.3) is 11.1 Å². The van der Waals surface area contributed by atoms with E-state index in [0.717, 1.165) is 35.6 Å². The minimum Gasteiger partial charge on any atom is -0.311 e. The molecule has 2 heterocycles. The summed E-state index contributed by atoms with van der Waals surface area (Å²) in [5, 5.41) is 0. The Bertz CT molecular complexity index is 3490. The van der Waals surface area contributed by atoms with Gasteiger partial charge < -0.3 is 14.7 Å². The van der Waals surface area contributed by atoms with Crippen molar-refractivity contribution in [3.05, 3.63) is 203 Å². The predicted molar refractivity (Wildman–Crippen MR) is 335 cm³/mol. The molecule has 11 rings (SSSR count). The lowest BCUT2D eigenvalue weighted by Gasteiger charge is -2.46. The predicted octanol–water partition coefficient (Wildman–Crippen LogP) is 18.5. The lowest BCUT2D eigenvalue weighted by atomic mass is 9.33. The summed E-state index contributed by atoms with van der Waals surface area (Å²) in [5.74, 6) is 0. The van der Waals surface area contributed by atoms with E-state index in [2.05, 4.69) is 296 Å². The van der Waals surface area contributed by atoms with Gasteiger partial charge in [-0.15, -0.1) is 0 Å². The molecule has 3 aliphatic rings. The van der Waals surface area contributed by atoms with Gasteiger partial charge in [-0.05, 0) is 179 Å². The van der Waals surface area contributed by atoms with Crippen LogP contribution in [0.15, 0.2) is 164 Å². The molecular formula is C73H82BN3. The second-order valence-corrected chi connectivity index (χ2v) is 28.8. The minimum absolute atomic E-state index is 0.00767. The Morgan fingerprint density at radius 1 is 0.377 bits per heavy atom. The molecule has 0 saturated carbocycles. The lowest BCUT2D eigenvalue weighted by Crippen LogP contribution is -2.61. The Hall–Kier alpha value is -6.78. The Morgan fingerprint density at radius 2 is 0.805 bits per heavy atom. The van der Waals surface area contributed by atoms with Gasteiger partial charge in [0.05, 0.1) is 11.4 Å². The maximum absolute atomic E-state index is 2.69. The van der Waals surface area contributed by atoms with E-state index in [-0.39, 0.29) is 39.2 Å². The average Bonchev–Trinajstić information content (AvgIpc) is 3.90. The molecule has 0 aromatic heterocycles. The van der Waals surface area contributed by atoms with Gasteiger partial charge in [0.2, 0.25) is 0 Å². The molecule has 392 valence electrons. The zero-order valence-electron chi connectivity index (χ0n) is 49.4. The van der Waals surface area contributed by atoms with Crippen LogP contribution < -0.4 is 31.1 Å². The van der Waals surface area contributed by atoms with Crippen LogP contribution in [0.2, 0.25) is 0 Å². The molecule has 0 radical (unpaired) electrons. The number of anilines is 9. The van der Waals surface area contributed by atoms with Gasteiger partial charge in [-0.3, -0.25) is 0 Å². The van der Waals surface area contributed by atoms with E-state index in [4.69, 9.17) is 0 Å². The normalized spacial score (nSPS) is 15.0. The average molecular weight is 1010 g/mol. The Kier molecular flexibility index (Phi) is 12.3. The summed E-state index contributed by atoms with van der Waals surface area (Å²) in [4.78, 5) is 7.82. The van der Waals surface area contributed by atoms with E-state index < -0.39 is 0 Å². The van der Waals surface area contributed by atoms with E-state index in [1.165, 1.54) is 94.9 Å². The summed E-state index contributed by atoms with van der Waals surface area (Å²) in [6.45, 7) is 39.8. The fourth-order valence-corrected chi connectivity index (χ4v) is 12.5. The third-order valence-electron chi connectivity index (χ3n) is 17.0. The molecule has 8 aromatic carbocycles. The van der Waals surface area contributed by atoms with Crippen LogP contribution in [0.5, 0.6) is 0 Å². The number of rotatable bonds is 6. The molecule has 0 saturated heterocycles. The van der Waals surface area contributed by atoms with Crippen molar-refractivity contribution in [3.63, 3.8) is 0 Å². The van der Waals surface area contributed by atoms with Crippen molar-refractivity contribution in [1.82, 2.24) is 0 Å². The molecule has 0 fully saturated rings. The quantitative estimate of drug-likeness (QED) is 0.154. The highest BCUT2D eigenvalue weighted by Crippen LogP contribution is 2.52. The Morgan fingerprint density at radius 3 is 1.31 bits per heavy atom. The molecule has 77 heavy (non-hydrogen) atoms. The standard InChI is InChI=1S/C73H82BN3/c1-68(2,3)50-23-31-55(32-24-50)75(56-33-25-51(26-34-56)69(4,5)6)58-43-65-67-66(44-58)77(62-37-29-53(71(10,11)12)41-59(62)47-21-19-18-20-22-47)64-40-49-46-73(16,17)45-48(49)39-60(64)74(67)61-42-54(72(13,14)15)30-38-63(61)76(65)57-35-27-52(28-36-57)70(7,8)9/h18-44H,45-46H2,1-17H3. The SMILES string of the molecule is CC1(C)Cc2cc3c(cc2C1)N(c1ccc(C(C)(C)C)cc1-c1ccccc1)c1cc(N(c2ccc(C(C)(C)C)cc2)c2ccc(C(C)(C)C)cc2)cc2c1B3c1cc(C(C)(C)C)ccc1N2c1ccc(C(C)(C)C)cc1. The fraction of sp³-hybridized carbons (Fsp3) is 0.342. The second kappa shape index (κ2) is 18.2. The third-order valence-corrected chi connectivity index (χ3v) is 17.0. The van der Waals surface area contributed by atoms with E-state index in [1.807, 2.05) is 0 Å². The number of nitrogens with zero attached hydrogens (tertiary/aromatic N) is 3. The molecular weight excluding hydrogens is 930 g/mol. The molecule has 0 atom stereocenters. The Labute approximate surface area is 463 Å². The maximum Gasteiger partial charge on any atom is 0.252 e. The molecule has 0 unspecified atom stereocenters. The maximum atomic E-state index is 2.69. The van der Waals surface area contributed by atoms with Gasteiger partial charge in [-0.2, -0.15) is 0 Å². The Balaban J connectivity index is 1.30. The smallest absolute Gasteiger partial charge is 0.252 e. The van der Waals surface area contributed by atoms with E-state index in [0.29, 0.717) is 0 Å². The largest absolute Gasteiger partial charge is 0.311 e. The van der Waals surface area contributed by atoms with Crippen molar-refractivity contribution in [2.75, 3.05) is 14.7 Å². The van der Waals surface area contributed by atoms with Gasteiger partial charge >= 0.3 is 0 Å². The molecule has 0 amide bonds. The van der Waals surface area contributed by atoms with Gasteiger partial charge in [-0.1, -0.05) is 209 Å². The molecule has 4 heteroatoms. The topological polar surface area (TPSA) is 9.72 Å². The first kappa shape index (κ1) is 52.3. The van der Waals surface area contributed by atoms with Crippen LogP contribution in [0.3, 0.4) is 0 Å². The monoisotopic (exact) mass is 1010 g/mol. The van der Waals surface area contributed by atoms with Crippen LogP contribution in [0, 0.1) is 5.41 Å². The van der Waals surface area contributed by atoms with Crippen LogP contribution >= 0.6 is 0 Å². The summed E-state index contributed by atoms with van der Waals surface area (Å²) < 4.78 is 0. The number of hydrogen-bond acceptors (Lipinski definition) is 3. The first-order chi connectivity index (χ1) is 36.0. The summed E-state index contributed by atoms with van der Waals surface area (Å²) in [6, 6.07) is 64.4. The van der Waals surface area contributed by atoms with Gasteiger partial charge in [0.1, 0.15) is 0 Å². The number of fused-ring (bicyclic) bond motifs is 5. The first-order valence-electron chi connectivity index (χ1n) is 28.5. The zero-order chi connectivity index (χ0) is 54.9. The molecule has 0 spiro atoms. The van der Waals surface area contributed by atoms with Crippen molar-refractivity contribution < 1.29 is 0 Å². The molecule has 0 bridgehead atoms. The van der Waals surface area contributed by atoms with Crippen LogP contribution in [-0.4, -0.2) is 6.71 Å². The minimum atomic E-state index is -0.0579. The van der Waals surface area contributed by atoms with Crippen LogP contribution in [0.4, 0.5) is 51.2 Å². The van der Waals surface area contributed by atoms with Crippen molar-refractivity contribution in [2.45, 2.75) is 158 Å². The highest BCUT2D eigenvalue weighted by molar-refractivity contribution is 7.00. The third kappa shape index (κ3) is 9.53. The summed E-state index contributed by atoms with van der Waals surface area (Å²) in [6.07, 6.45) is 2.11. The van der Waals surface area contributed by atoms with E-state index >= 15 is 0 Å². The summed E-state index contributed by atoms with van der Waals surface area (Å²) in [7, 11) is 0. The van der Waals surface area contributed by atoms with Crippen LogP contribution in [-0.2, 0) is 39.9 Å². The zero-order valence-corrected chi connectivity index (χ0v) is 49.4. The summed E-state index contributed by atoms with van der Waals surface area (Å²) in [5.41, 5.74) is 26.8. The molecule has 1 aliphatic carbocycles. The molecule has 2 aliphatic heterocycles. The highest BCUT2D eigenvalue weighted by atomic mass is 15.2. The van der Waals surface area contributed by atoms with Gasteiger partial charge in [-0.25, -0.2) is 0 Å². The van der Waals surface area contributed by atoms with Crippen molar-refractivity contribution in [2.24, 2.45) is 5.41 Å². The number of benzene rings is 8. The van der Waals surface area contributed by atoms with Crippen molar-refractivity contribution in [1.29, 1.82) is 0 Å². The second-order valence-electron chi connectivity index (χ2n) is 28.8.